The lowest BCUT2D eigenvalue weighted by molar-refractivity contribution is -0.142. The van der Waals surface area contributed by atoms with E-state index in [0.717, 1.165) is 11.0 Å². The molecule has 6 nitrogen and oxygen atoms in total. The van der Waals surface area contributed by atoms with Gasteiger partial charge in [-0.1, -0.05) is 47.7 Å². The predicted octanol–water partition coefficient (Wildman–Crippen LogP) is 2.84. The van der Waals surface area contributed by atoms with Crippen molar-refractivity contribution in [3.63, 3.8) is 0 Å². The fourth-order valence-electron chi connectivity index (χ4n) is 2.81. The summed E-state index contributed by atoms with van der Waals surface area (Å²) in [4.78, 5) is 13.9. The zero-order valence-corrected chi connectivity index (χ0v) is 14.5. The van der Waals surface area contributed by atoms with Gasteiger partial charge in [0, 0.05) is 12.6 Å². The van der Waals surface area contributed by atoms with Crippen molar-refractivity contribution in [1.29, 1.82) is 0 Å². The Hall–Kier alpha value is -2.73. The number of rotatable bonds is 7. The summed E-state index contributed by atoms with van der Waals surface area (Å²) < 4.78 is 6.69. The monoisotopic (exact) mass is 338 g/mol. The van der Waals surface area contributed by atoms with Gasteiger partial charge in [0.1, 0.15) is 5.52 Å². The molecule has 130 valence electrons. The van der Waals surface area contributed by atoms with Gasteiger partial charge in [-0.25, -0.2) is 4.68 Å². The van der Waals surface area contributed by atoms with Gasteiger partial charge in [0.05, 0.1) is 25.7 Å². The molecule has 0 aliphatic rings. The molecule has 0 aliphatic carbocycles. The molecule has 0 saturated heterocycles. The highest BCUT2D eigenvalue weighted by molar-refractivity contribution is 5.73. The van der Waals surface area contributed by atoms with Gasteiger partial charge in [-0.05, 0) is 24.6 Å². The Kier molecular flexibility index (Phi) is 5.40. The Morgan fingerprint density at radius 1 is 1.16 bits per heavy atom. The van der Waals surface area contributed by atoms with Gasteiger partial charge in [0.25, 0.3) is 0 Å². The van der Waals surface area contributed by atoms with Crippen LogP contribution in [0.2, 0.25) is 0 Å². The third-order valence-electron chi connectivity index (χ3n) is 4.28. The number of hydrogen-bond donors (Lipinski definition) is 0. The van der Waals surface area contributed by atoms with Crippen molar-refractivity contribution >= 4 is 17.0 Å². The number of carbonyl (C=O) groups is 1. The number of fused-ring (bicyclic) bond motifs is 1. The van der Waals surface area contributed by atoms with E-state index in [1.54, 1.807) is 0 Å². The molecular weight excluding hydrogens is 316 g/mol. The molecule has 1 atom stereocenters. The summed E-state index contributed by atoms with van der Waals surface area (Å²) >= 11 is 0. The summed E-state index contributed by atoms with van der Waals surface area (Å²) in [5.41, 5.74) is 3.03. The normalized spacial score (nSPS) is 12.4. The van der Waals surface area contributed by atoms with E-state index in [0.29, 0.717) is 19.6 Å². The lowest BCUT2D eigenvalue weighted by Gasteiger charge is -2.28. The molecule has 25 heavy (non-hydrogen) atoms. The van der Waals surface area contributed by atoms with Crippen LogP contribution in [0.15, 0.2) is 54.6 Å². The number of para-hydroxylation sites is 1. The average Bonchev–Trinajstić information content (AvgIpc) is 3.05. The average molecular weight is 338 g/mol. The quantitative estimate of drug-likeness (QED) is 0.620. The van der Waals surface area contributed by atoms with Crippen molar-refractivity contribution in [2.75, 3.05) is 7.11 Å². The molecular formula is C19H22N4O2. The molecule has 6 heteroatoms. The Balaban J connectivity index is 1.83. The predicted molar refractivity (Wildman–Crippen MR) is 95.6 cm³/mol. The molecule has 0 bridgehead atoms. The first-order chi connectivity index (χ1) is 12.2. The number of aromatic nitrogens is 3. The van der Waals surface area contributed by atoms with Crippen LogP contribution in [-0.2, 0) is 22.7 Å². The van der Waals surface area contributed by atoms with Crippen molar-refractivity contribution in [2.24, 2.45) is 0 Å². The van der Waals surface area contributed by atoms with Crippen LogP contribution in [0.25, 0.3) is 11.0 Å². The molecule has 3 aromatic rings. The first-order valence-corrected chi connectivity index (χ1v) is 8.30. The Labute approximate surface area is 147 Å². The van der Waals surface area contributed by atoms with E-state index in [1.807, 2.05) is 54.1 Å². The molecule has 1 aromatic heterocycles. The van der Waals surface area contributed by atoms with Crippen LogP contribution in [0.5, 0.6) is 0 Å². The highest BCUT2D eigenvalue weighted by Gasteiger charge is 2.19. The van der Waals surface area contributed by atoms with Crippen molar-refractivity contribution in [2.45, 2.75) is 32.6 Å². The second-order valence-corrected chi connectivity index (χ2v) is 6.08. The fraction of sp³-hybridized carbons (Fsp3) is 0.316. The first kappa shape index (κ1) is 17.1. The highest BCUT2D eigenvalue weighted by Crippen LogP contribution is 2.16. The number of nitrogens with zero attached hydrogens (tertiary/aromatic N) is 4. The van der Waals surface area contributed by atoms with Crippen LogP contribution in [0.3, 0.4) is 0 Å². The van der Waals surface area contributed by atoms with Gasteiger partial charge in [-0.15, -0.1) is 5.10 Å². The molecule has 1 unspecified atom stereocenters. The van der Waals surface area contributed by atoms with E-state index in [9.17, 15) is 4.79 Å². The van der Waals surface area contributed by atoms with Crippen LogP contribution in [0, 0.1) is 0 Å². The molecule has 0 radical (unpaired) electrons. The number of esters is 1. The summed E-state index contributed by atoms with van der Waals surface area (Å²) in [7, 11) is 1.42. The second-order valence-electron chi connectivity index (χ2n) is 6.08. The number of benzene rings is 2. The summed E-state index contributed by atoms with van der Waals surface area (Å²) in [6, 6.07) is 18.1. The Morgan fingerprint density at radius 3 is 2.64 bits per heavy atom. The summed E-state index contributed by atoms with van der Waals surface area (Å²) in [5, 5.41) is 8.48. The van der Waals surface area contributed by atoms with Crippen LogP contribution in [0.1, 0.15) is 18.9 Å². The SMILES string of the molecule is COC(=O)CC(C)N(Cc1ccccc1)Cn1nnc2ccccc21. The van der Waals surface area contributed by atoms with Gasteiger partial charge >= 0.3 is 5.97 Å². The van der Waals surface area contributed by atoms with Gasteiger partial charge in [0.15, 0.2) is 0 Å². The molecule has 0 saturated carbocycles. The van der Waals surface area contributed by atoms with E-state index in [2.05, 4.69) is 27.3 Å². The van der Waals surface area contributed by atoms with Gasteiger partial charge < -0.3 is 4.74 Å². The molecule has 0 fully saturated rings. The number of methoxy groups -OCH3 is 1. The van der Waals surface area contributed by atoms with E-state index in [1.165, 1.54) is 12.7 Å². The van der Waals surface area contributed by atoms with Crippen LogP contribution < -0.4 is 0 Å². The summed E-state index contributed by atoms with van der Waals surface area (Å²) in [6.45, 7) is 3.29. The van der Waals surface area contributed by atoms with Gasteiger partial charge in [0.2, 0.25) is 0 Å². The highest BCUT2D eigenvalue weighted by atomic mass is 16.5. The molecule has 0 amide bonds. The minimum absolute atomic E-state index is 0.00983. The minimum Gasteiger partial charge on any atom is -0.469 e. The third kappa shape index (κ3) is 4.22. The molecule has 3 rings (SSSR count). The zero-order chi connectivity index (χ0) is 17.6. The third-order valence-corrected chi connectivity index (χ3v) is 4.28. The lowest BCUT2D eigenvalue weighted by atomic mass is 10.1. The molecule has 0 aliphatic heterocycles. The van der Waals surface area contributed by atoms with Crippen LogP contribution >= 0.6 is 0 Å². The lowest BCUT2D eigenvalue weighted by Crippen LogP contribution is -2.36. The van der Waals surface area contributed by atoms with E-state index in [4.69, 9.17) is 4.74 Å². The maximum absolute atomic E-state index is 11.7. The van der Waals surface area contributed by atoms with Gasteiger partial charge in [-0.3, -0.25) is 9.69 Å². The standard InChI is InChI=1S/C19H22N4O2/c1-15(12-19(24)25-2)22(13-16-8-4-3-5-9-16)14-23-18-11-7-6-10-17(18)20-21-23/h3-11,15H,12-14H2,1-2H3. The molecule has 1 heterocycles. The van der Waals surface area contributed by atoms with Crippen molar-refractivity contribution in [3.8, 4) is 0 Å². The first-order valence-electron chi connectivity index (χ1n) is 8.30. The van der Waals surface area contributed by atoms with Crippen molar-refractivity contribution < 1.29 is 9.53 Å². The molecule has 0 N–H and O–H groups in total. The number of ether oxygens (including phenoxy) is 1. The molecule has 0 spiro atoms. The molecule has 2 aromatic carbocycles. The Bertz CT molecular complexity index is 832. The zero-order valence-electron chi connectivity index (χ0n) is 14.5. The second kappa shape index (κ2) is 7.90. The maximum Gasteiger partial charge on any atom is 0.307 e. The summed E-state index contributed by atoms with van der Waals surface area (Å²) in [6.07, 6.45) is 0.329. The summed E-state index contributed by atoms with van der Waals surface area (Å²) in [5.74, 6) is -0.214. The van der Waals surface area contributed by atoms with Crippen molar-refractivity contribution in [1.82, 2.24) is 19.9 Å². The number of carbonyl (C=O) groups excluding carboxylic acids is 1. The van der Waals surface area contributed by atoms with Crippen molar-refractivity contribution in [3.05, 3.63) is 60.2 Å². The maximum atomic E-state index is 11.7. The fourth-order valence-corrected chi connectivity index (χ4v) is 2.81. The Morgan fingerprint density at radius 2 is 1.88 bits per heavy atom. The minimum atomic E-state index is -0.214. The van der Waals surface area contributed by atoms with Gasteiger partial charge in [-0.2, -0.15) is 0 Å². The smallest absolute Gasteiger partial charge is 0.307 e. The van der Waals surface area contributed by atoms with E-state index < -0.39 is 0 Å². The largest absolute Gasteiger partial charge is 0.469 e. The van der Waals surface area contributed by atoms with Crippen LogP contribution in [-0.4, -0.2) is 39.0 Å². The van der Waals surface area contributed by atoms with E-state index >= 15 is 0 Å². The van der Waals surface area contributed by atoms with E-state index in [-0.39, 0.29) is 12.0 Å². The van der Waals surface area contributed by atoms with Crippen LogP contribution in [0.4, 0.5) is 0 Å². The number of hydrogen-bond acceptors (Lipinski definition) is 5. The topological polar surface area (TPSA) is 60.2 Å².